The molecular weight excluding hydrogens is 457 g/mol. The van der Waals surface area contributed by atoms with E-state index in [2.05, 4.69) is 10.1 Å². The fourth-order valence-corrected chi connectivity index (χ4v) is 3.74. The van der Waals surface area contributed by atoms with Gasteiger partial charge < -0.3 is 20.1 Å². The van der Waals surface area contributed by atoms with Crippen LogP contribution in [0.15, 0.2) is 24.3 Å². The van der Waals surface area contributed by atoms with Crippen LogP contribution in [0.3, 0.4) is 0 Å². The van der Waals surface area contributed by atoms with Gasteiger partial charge in [0.05, 0.1) is 5.41 Å². The van der Waals surface area contributed by atoms with Crippen molar-refractivity contribution in [3.8, 4) is 0 Å². The number of carbonyl (C=O) groups excluding carboxylic acids is 4. The van der Waals surface area contributed by atoms with Gasteiger partial charge in [-0.2, -0.15) is 13.2 Å². The van der Waals surface area contributed by atoms with Gasteiger partial charge in [-0.1, -0.05) is 36.2 Å². The van der Waals surface area contributed by atoms with Crippen LogP contribution in [-0.2, 0) is 29.3 Å². The Hall–Kier alpha value is -2.82. The van der Waals surface area contributed by atoms with Crippen molar-refractivity contribution in [3.63, 3.8) is 0 Å². The van der Waals surface area contributed by atoms with Crippen LogP contribution in [-0.4, -0.2) is 49.3 Å². The van der Waals surface area contributed by atoms with E-state index in [1.807, 2.05) is 0 Å². The summed E-state index contributed by atoms with van der Waals surface area (Å²) in [7, 11) is 0. The maximum absolute atomic E-state index is 12.8. The molecule has 2 amide bonds. The summed E-state index contributed by atoms with van der Waals surface area (Å²) >= 11 is 6.30. The molecule has 1 aromatic rings. The van der Waals surface area contributed by atoms with Gasteiger partial charge in [0.2, 0.25) is 6.29 Å². The Kier molecular flexibility index (Phi) is 8.48. The van der Waals surface area contributed by atoms with Gasteiger partial charge in [0.1, 0.15) is 12.3 Å². The van der Waals surface area contributed by atoms with E-state index < -0.39 is 42.4 Å². The summed E-state index contributed by atoms with van der Waals surface area (Å²) in [6.07, 6.45) is -5.31. The molecule has 2 N–H and O–H groups in total. The summed E-state index contributed by atoms with van der Waals surface area (Å²) in [6.45, 7) is 0.00708. The van der Waals surface area contributed by atoms with Crippen LogP contribution < -0.4 is 10.6 Å². The molecule has 0 heterocycles. The maximum Gasteiger partial charge on any atom is 0.471 e. The van der Waals surface area contributed by atoms with Gasteiger partial charge in [-0.3, -0.25) is 14.4 Å². The number of halogens is 4. The number of Topliss-reactive ketones (excluding diaryl/α,β-unsaturated/α-hetero) is 1. The first-order chi connectivity index (χ1) is 15.0. The quantitative estimate of drug-likeness (QED) is 0.460. The Labute approximate surface area is 186 Å². The smallest absolute Gasteiger partial charge is 0.424 e. The molecule has 176 valence electrons. The highest BCUT2D eigenvalue weighted by molar-refractivity contribution is 6.31. The lowest BCUT2D eigenvalue weighted by Gasteiger charge is -2.36. The molecule has 32 heavy (non-hydrogen) atoms. The summed E-state index contributed by atoms with van der Waals surface area (Å²) < 4.78 is 45.8. The molecule has 1 unspecified atom stereocenters. The number of rotatable bonds is 7. The zero-order valence-electron chi connectivity index (χ0n) is 17.1. The summed E-state index contributed by atoms with van der Waals surface area (Å²) in [5.41, 5.74) is -0.441. The van der Waals surface area contributed by atoms with E-state index >= 15 is 0 Å². The number of hydrogen-bond donors (Lipinski definition) is 2. The summed E-state index contributed by atoms with van der Waals surface area (Å²) in [6, 6.07) is 6.83. The van der Waals surface area contributed by atoms with Crippen molar-refractivity contribution < 1.29 is 41.8 Å². The van der Waals surface area contributed by atoms with Gasteiger partial charge in [-0.15, -0.1) is 0 Å². The van der Waals surface area contributed by atoms with Crippen LogP contribution in [0, 0.1) is 0 Å². The highest BCUT2D eigenvalue weighted by atomic mass is 35.5. The highest BCUT2D eigenvalue weighted by Crippen LogP contribution is 2.39. The number of ether oxygens (including phenoxy) is 2. The van der Waals surface area contributed by atoms with Crippen molar-refractivity contribution in [2.45, 2.75) is 50.5 Å². The predicted molar refractivity (Wildman–Crippen MR) is 106 cm³/mol. The number of ketones is 1. The Balaban J connectivity index is 1.92. The molecule has 1 saturated carbocycles. The van der Waals surface area contributed by atoms with Crippen LogP contribution in [0.1, 0.15) is 38.2 Å². The van der Waals surface area contributed by atoms with Gasteiger partial charge in [-0.05, 0) is 24.5 Å². The topological polar surface area (TPSA) is 111 Å². The fourth-order valence-electron chi connectivity index (χ4n) is 3.43. The van der Waals surface area contributed by atoms with Crippen LogP contribution in [0.25, 0.3) is 0 Å². The Morgan fingerprint density at radius 3 is 2.47 bits per heavy atom. The SMILES string of the molecule is CC(OC(=O)CNC(=O)C(F)(F)F)OC(=O)NC[C@@]1(c2ccccc2Cl)CCCCC1=O. The van der Waals surface area contributed by atoms with E-state index in [9.17, 15) is 32.3 Å². The molecule has 0 bridgehead atoms. The molecule has 1 fully saturated rings. The highest BCUT2D eigenvalue weighted by Gasteiger charge is 2.43. The van der Waals surface area contributed by atoms with Crippen molar-refractivity contribution in [1.82, 2.24) is 10.6 Å². The third-order valence-corrected chi connectivity index (χ3v) is 5.27. The number of amides is 2. The standard InChI is InChI=1S/C20H22ClF3N2O6/c1-12(31-16(28)10-25-17(29)20(22,23)24)32-18(30)26-11-19(9-5-4-8-15(19)27)13-6-2-3-7-14(13)21/h2-3,6-7,12H,4-5,8-11H2,1H3,(H,25,29)(H,26,30)/t12?,19-/m1/s1. The number of benzene rings is 1. The number of nitrogens with one attached hydrogen (secondary N) is 2. The van der Waals surface area contributed by atoms with E-state index in [1.165, 1.54) is 12.2 Å². The first-order valence-corrected chi connectivity index (χ1v) is 10.1. The zero-order valence-corrected chi connectivity index (χ0v) is 17.8. The minimum Gasteiger partial charge on any atom is -0.424 e. The molecule has 2 rings (SSSR count). The summed E-state index contributed by atoms with van der Waals surface area (Å²) in [5, 5.41) is 4.20. The van der Waals surface area contributed by atoms with Gasteiger partial charge in [0.15, 0.2) is 0 Å². The zero-order chi connectivity index (χ0) is 23.9. The summed E-state index contributed by atoms with van der Waals surface area (Å²) in [5.74, 6) is -3.61. The number of alkyl carbamates (subject to hydrolysis) is 1. The molecular formula is C20H22ClF3N2O6. The summed E-state index contributed by atoms with van der Waals surface area (Å²) in [4.78, 5) is 47.2. The average Bonchev–Trinajstić information content (AvgIpc) is 2.71. The fraction of sp³-hybridized carbons (Fsp3) is 0.500. The molecule has 2 atom stereocenters. The lowest BCUT2D eigenvalue weighted by atomic mass is 9.68. The lowest BCUT2D eigenvalue weighted by molar-refractivity contribution is -0.176. The van der Waals surface area contributed by atoms with Crippen molar-refractivity contribution in [1.29, 1.82) is 0 Å². The Bertz CT molecular complexity index is 879. The van der Waals surface area contributed by atoms with Crippen LogP contribution in [0.2, 0.25) is 5.02 Å². The molecule has 1 aliphatic rings. The van der Waals surface area contributed by atoms with Gasteiger partial charge in [0.25, 0.3) is 0 Å². The average molecular weight is 479 g/mol. The van der Waals surface area contributed by atoms with E-state index in [-0.39, 0.29) is 12.3 Å². The number of alkyl halides is 3. The number of esters is 1. The van der Waals surface area contributed by atoms with Crippen molar-refractivity contribution in [2.75, 3.05) is 13.1 Å². The molecule has 0 spiro atoms. The molecule has 12 heteroatoms. The number of hydrogen-bond acceptors (Lipinski definition) is 6. The first kappa shape index (κ1) is 25.4. The van der Waals surface area contributed by atoms with Gasteiger partial charge >= 0.3 is 24.1 Å². The van der Waals surface area contributed by atoms with Crippen LogP contribution >= 0.6 is 11.6 Å². The molecule has 0 saturated heterocycles. The van der Waals surface area contributed by atoms with Gasteiger partial charge in [0, 0.05) is 24.9 Å². The van der Waals surface area contributed by atoms with Crippen molar-refractivity contribution in [2.24, 2.45) is 0 Å². The Morgan fingerprint density at radius 1 is 1.16 bits per heavy atom. The molecule has 0 aliphatic heterocycles. The minimum atomic E-state index is -5.14. The second-order valence-corrected chi connectivity index (χ2v) is 7.60. The van der Waals surface area contributed by atoms with Gasteiger partial charge in [-0.25, -0.2) is 4.79 Å². The monoisotopic (exact) mass is 478 g/mol. The molecule has 0 aromatic heterocycles. The molecule has 0 radical (unpaired) electrons. The lowest BCUT2D eigenvalue weighted by Crippen LogP contribution is -2.49. The minimum absolute atomic E-state index is 0.0722. The predicted octanol–water partition coefficient (Wildman–Crippen LogP) is 3.01. The second-order valence-electron chi connectivity index (χ2n) is 7.19. The molecule has 1 aromatic carbocycles. The second kappa shape index (κ2) is 10.7. The van der Waals surface area contributed by atoms with Crippen LogP contribution in [0.4, 0.5) is 18.0 Å². The third-order valence-electron chi connectivity index (χ3n) is 4.94. The molecule has 1 aliphatic carbocycles. The molecule has 8 nitrogen and oxygen atoms in total. The maximum atomic E-state index is 12.8. The normalized spacial score (nSPS) is 19.6. The Morgan fingerprint density at radius 2 is 1.84 bits per heavy atom. The van der Waals surface area contributed by atoms with Crippen molar-refractivity contribution >= 4 is 35.4 Å². The van der Waals surface area contributed by atoms with Crippen LogP contribution in [0.5, 0.6) is 0 Å². The largest absolute Gasteiger partial charge is 0.471 e. The number of carbonyl (C=O) groups is 4. The van der Waals surface area contributed by atoms with Crippen molar-refractivity contribution in [3.05, 3.63) is 34.9 Å². The van der Waals surface area contributed by atoms with E-state index in [0.29, 0.717) is 23.4 Å². The third kappa shape index (κ3) is 6.59. The van der Waals surface area contributed by atoms with E-state index in [0.717, 1.165) is 12.8 Å². The van der Waals surface area contributed by atoms with E-state index in [1.54, 1.807) is 24.3 Å². The first-order valence-electron chi connectivity index (χ1n) is 9.73. The van der Waals surface area contributed by atoms with E-state index in [4.69, 9.17) is 16.3 Å².